The largest absolute Gasteiger partial charge is 0.497 e. The average Bonchev–Trinajstić information content (AvgIpc) is 2.62. The Balaban J connectivity index is 1.73. The van der Waals surface area contributed by atoms with E-state index in [9.17, 15) is 0 Å². The molecule has 0 saturated carbocycles. The molecule has 1 N–H and O–H groups in total. The molecule has 0 aromatic heterocycles. The molecule has 4 heteroatoms. The van der Waals surface area contributed by atoms with Gasteiger partial charge in [-0.25, -0.2) is 0 Å². The van der Waals surface area contributed by atoms with Gasteiger partial charge in [0.2, 0.25) is 0 Å². The summed E-state index contributed by atoms with van der Waals surface area (Å²) in [5.74, 6) is 0.926. The van der Waals surface area contributed by atoms with Crippen molar-refractivity contribution in [3.05, 3.63) is 53.6 Å². The van der Waals surface area contributed by atoms with E-state index in [0.717, 1.165) is 43.1 Å². The van der Waals surface area contributed by atoms with Crippen molar-refractivity contribution in [2.75, 3.05) is 30.5 Å². The van der Waals surface area contributed by atoms with Crippen molar-refractivity contribution in [2.45, 2.75) is 19.3 Å². The Bertz CT molecular complexity index is 740. The van der Waals surface area contributed by atoms with Gasteiger partial charge in [0.1, 0.15) is 5.75 Å². The number of rotatable bonds is 3. The Kier molecular flexibility index (Phi) is 3.66. The van der Waals surface area contributed by atoms with E-state index in [1.165, 1.54) is 23.2 Å². The summed E-state index contributed by atoms with van der Waals surface area (Å²) in [4.78, 5) is 2.50. The highest BCUT2D eigenvalue weighted by Crippen LogP contribution is 2.38. The van der Waals surface area contributed by atoms with Gasteiger partial charge in [0.25, 0.3) is 0 Å². The Morgan fingerprint density at radius 2 is 1.96 bits per heavy atom. The standard InChI is InChI=1S/C19H21N3O/c1-23-16-12-14-6-5-10-22-11-9-18(17(13-16)19(14)22)21-20-15-7-3-2-4-8-15/h2-4,7-8,12-13,20H,5-6,9-11H2,1H3/b21-18-. The maximum absolute atomic E-state index is 5.50. The van der Waals surface area contributed by atoms with Gasteiger partial charge in [-0.3, -0.25) is 5.43 Å². The summed E-state index contributed by atoms with van der Waals surface area (Å²) < 4.78 is 5.50. The van der Waals surface area contributed by atoms with E-state index < -0.39 is 0 Å². The molecule has 2 aromatic rings. The number of benzene rings is 2. The number of nitrogens with one attached hydrogen (secondary N) is 1. The molecule has 0 bridgehead atoms. The smallest absolute Gasteiger partial charge is 0.119 e. The summed E-state index contributed by atoms with van der Waals surface area (Å²) in [6.07, 6.45) is 3.29. The number of ether oxygens (including phenoxy) is 1. The van der Waals surface area contributed by atoms with Crippen LogP contribution in [0.25, 0.3) is 0 Å². The van der Waals surface area contributed by atoms with Crippen molar-refractivity contribution in [2.24, 2.45) is 5.10 Å². The van der Waals surface area contributed by atoms with Crippen molar-refractivity contribution in [1.82, 2.24) is 0 Å². The fraction of sp³-hybridized carbons (Fsp3) is 0.316. The molecule has 0 saturated heterocycles. The Morgan fingerprint density at radius 3 is 2.78 bits per heavy atom. The molecule has 2 heterocycles. The Morgan fingerprint density at radius 1 is 1.09 bits per heavy atom. The van der Waals surface area contributed by atoms with Crippen LogP contribution in [0.1, 0.15) is 24.0 Å². The monoisotopic (exact) mass is 307 g/mol. The second-order valence-electron chi connectivity index (χ2n) is 6.06. The van der Waals surface area contributed by atoms with Crippen LogP contribution in [0.2, 0.25) is 0 Å². The van der Waals surface area contributed by atoms with E-state index in [4.69, 9.17) is 4.74 Å². The molecule has 4 nitrogen and oxygen atoms in total. The van der Waals surface area contributed by atoms with E-state index in [1.54, 1.807) is 7.11 Å². The van der Waals surface area contributed by atoms with Crippen LogP contribution in [0.5, 0.6) is 5.75 Å². The third kappa shape index (κ3) is 2.65. The van der Waals surface area contributed by atoms with Gasteiger partial charge in [0, 0.05) is 30.8 Å². The van der Waals surface area contributed by atoms with Crippen LogP contribution in [0.4, 0.5) is 11.4 Å². The molecule has 23 heavy (non-hydrogen) atoms. The number of hydrogen-bond donors (Lipinski definition) is 1. The van der Waals surface area contributed by atoms with E-state index in [-0.39, 0.29) is 0 Å². The quantitative estimate of drug-likeness (QED) is 0.879. The molecule has 0 fully saturated rings. The highest BCUT2D eigenvalue weighted by atomic mass is 16.5. The minimum absolute atomic E-state index is 0.926. The molecule has 0 unspecified atom stereocenters. The van der Waals surface area contributed by atoms with Crippen LogP contribution >= 0.6 is 0 Å². The second kappa shape index (κ2) is 5.95. The lowest BCUT2D eigenvalue weighted by Gasteiger charge is -2.37. The minimum atomic E-state index is 0.926. The lowest BCUT2D eigenvalue weighted by Crippen LogP contribution is -2.37. The van der Waals surface area contributed by atoms with Crippen molar-refractivity contribution in [3.8, 4) is 5.75 Å². The van der Waals surface area contributed by atoms with Gasteiger partial charge in [-0.05, 0) is 42.7 Å². The molecule has 0 aliphatic carbocycles. The Labute approximate surface area is 136 Å². The van der Waals surface area contributed by atoms with Crippen LogP contribution in [0.3, 0.4) is 0 Å². The van der Waals surface area contributed by atoms with Gasteiger partial charge in [-0.2, -0.15) is 5.10 Å². The first-order valence-electron chi connectivity index (χ1n) is 8.19. The van der Waals surface area contributed by atoms with Crippen LogP contribution in [-0.4, -0.2) is 25.9 Å². The SMILES string of the molecule is COc1cc2c3c(c1)/C(=N\Nc1ccccc1)CCN3CCC2. The van der Waals surface area contributed by atoms with Gasteiger partial charge in [-0.1, -0.05) is 18.2 Å². The summed E-state index contributed by atoms with van der Waals surface area (Å²) in [5.41, 5.74) is 9.28. The minimum Gasteiger partial charge on any atom is -0.497 e. The first kappa shape index (κ1) is 14.1. The third-order valence-electron chi connectivity index (χ3n) is 4.61. The van der Waals surface area contributed by atoms with Crippen molar-refractivity contribution in [1.29, 1.82) is 0 Å². The zero-order valence-electron chi connectivity index (χ0n) is 13.4. The maximum Gasteiger partial charge on any atom is 0.119 e. The number of anilines is 2. The molecule has 0 amide bonds. The fourth-order valence-electron chi connectivity index (χ4n) is 3.50. The van der Waals surface area contributed by atoms with Crippen molar-refractivity contribution < 1.29 is 4.74 Å². The molecule has 0 spiro atoms. The third-order valence-corrected chi connectivity index (χ3v) is 4.61. The number of hydrazone groups is 1. The predicted molar refractivity (Wildman–Crippen MR) is 94.7 cm³/mol. The van der Waals surface area contributed by atoms with Gasteiger partial charge in [0.15, 0.2) is 0 Å². The van der Waals surface area contributed by atoms with Gasteiger partial charge in [0.05, 0.1) is 18.5 Å². The molecule has 118 valence electrons. The van der Waals surface area contributed by atoms with Gasteiger partial charge < -0.3 is 9.64 Å². The maximum atomic E-state index is 5.50. The zero-order valence-corrected chi connectivity index (χ0v) is 13.4. The summed E-state index contributed by atoms with van der Waals surface area (Å²) in [7, 11) is 1.73. The van der Waals surface area contributed by atoms with Crippen LogP contribution in [0.15, 0.2) is 47.6 Å². The zero-order chi connectivity index (χ0) is 15.6. The molecule has 2 aliphatic heterocycles. The van der Waals surface area contributed by atoms with Crippen LogP contribution in [0, 0.1) is 0 Å². The first-order valence-corrected chi connectivity index (χ1v) is 8.19. The molecule has 4 rings (SSSR count). The van der Waals surface area contributed by atoms with E-state index >= 15 is 0 Å². The van der Waals surface area contributed by atoms with Gasteiger partial charge >= 0.3 is 0 Å². The molecular weight excluding hydrogens is 286 g/mol. The number of hydrogen-bond acceptors (Lipinski definition) is 4. The first-order chi connectivity index (χ1) is 11.3. The summed E-state index contributed by atoms with van der Waals surface area (Å²) >= 11 is 0. The summed E-state index contributed by atoms with van der Waals surface area (Å²) in [5, 5.41) is 4.69. The normalized spacial score (nSPS) is 17.8. The topological polar surface area (TPSA) is 36.9 Å². The van der Waals surface area contributed by atoms with Gasteiger partial charge in [-0.15, -0.1) is 0 Å². The lowest BCUT2D eigenvalue weighted by molar-refractivity contribution is 0.413. The van der Waals surface area contributed by atoms with Crippen LogP contribution in [-0.2, 0) is 6.42 Å². The van der Waals surface area contributed by atoms with E-state index in [2.05, 4.69) is 27.6 Å². The predicted octanol–water partition coefficient (Wildman–Crippen LogP) is 3.67. The molecule has 2 aliphatic rings. The molecule has 0 atom stereocenters. The summed E-state index contributed by atoms with van der Waals surface area (Å²) in [6.45, 7) is 2.19. The molecule has 0 radical (unpaired) electrons. The fourth-order valence-corrected chi connectivity index (χ4v) is 3.50. The Hall–Kier alpha value is -2.49. The number of methoxy groups -OCH3 is 1. The summed E-state index contributed by atoms with van der Waals surface area (Å²) in [6, 6.07) is 14.4. The highest BCUT2D eigenvalue weighted by Gasteiger charge is 2.28. The molecule has 2 aromatic carbocycles. The molecular formula is C19H21N3O. The van der Waals surface area contributed by atoms with E-state index in [0.29, 0.717) is 0 Å². The highest BCUT2D eigenvalue weighted by molar-refractivity contribution is 6.08. The van der Waals surface area contributed by atoms with Crippen molar-refractivity contribution in [3.63, 3.8) is 0 Å². The van der Waals surface area contributed by atoms with Crippen molar-refractivity contribution >= 4 is 17.1 Å². The number of para-hydroxylation sites is 1. The lowest BCUT2D eigenvalue weighted by atomic mass is 9.90. The number of nitrogens with zero attached hydrogens (tertiary/aromatic N) is 2. The van der Waals surface area contributed by atoms with Crippen LogP contribution < -0.4 is 15.1 Å². The van der Waals surface area contributed by atoms with E-state index in [1.807, 2.05) is 30.3 Å². The average molecular weight is 307 g/mol. The second-order valence-corrected chi connectivity index (χ2v) is 6.06. The number of aryl methyl sites for hydroxylation is 1.